The monoisotopic (exact) mass is 482 g/mol. The fourth-order valence-electron chi connectivity index (χ4n) is 4.42. The summed E-state index contributed by atoms with van der Waals surface area (Å²) in [4.78, 5) is 16.9. The van der Waals surface area contributed by atoms with Crippen LogP contribution in [0.1, 0.15) is 12.5 Å². The van der Waals surface area contributed by atoms with E-state index in [2.05, 4.69) is 32.5 Å². The Labute approximate surface area is 208 Å². The number of nitriles is 1. The van der Waals surface area contributed by atoms with Crippen molar-refractivity contribution in [2.75, 3.05) is 29.9 Å². The van der Waals surface area contributed by atoms with Gasteiger partial charge in [0.1, 0.15) is 5.69 Å². The average molecular weight is 483 g/mol. The SMILES string of the molecule is C[C@H]1CN(c2nnc(-c3ccc(C#N)cc3)c3ccccc23)CCN1C(=O)Nc1ccc(Cl)cc1. The molecule has 1 aliphatic rings. The minimum Gasteiger partial charge on any atom is -0.351 e. The number of hydrogen-bond donors (Lipinski definition) is 1. The largest absolute Gasteiger partial charge is 0.351 e. The highest BCUT2D eigenvalue weighted by atomic mass is 35.5. The maximum Gasteiger partial charge on any atom is 0.322 e. The Morgan fingerprint density at radius 1 is 1.00 bits per heavy atom. The smallest absolute Gasteiger partial charge is 0.322 e. The topological polar surface area (TPSA) is 85.2 Å². The van der Waals surface area contributed by atoms with Crippen molar-refractivity contribution in [1.29, 1.82) is 5.26 Å². The third kappa shape index (κ3) is 4.61. The summed E-state index contributed by atoms with van der Waals surface area (Å²) in [5.41, 5.74) is 3.01. The van der Waals surface area contributed by atoms with Crippen LogP contribution in [0.15, 0.2) is 72.8 Å². The molecule has 35 heavy (non-hydrogen) atoms. The molecule has 0 saturated carbocycles. The Bertz CT molecular complexity index is 1410. The minimum absolute atomic E-state index is 0.0187. The van der Waals surface area contributed by atoms with Crippen LogP contribution in [0.25, 0.3) is 22.0 Å². The van der Waals surface area contributed by atoms with Crippen molar-refractivity contribution in [3.63, 3.8) is 0 Å². The molecule has 1 atom stereocenters. The summed E-state index contributed by atoms with van der Waals surface area (Å²) in [6, 6.07) is 24.5. The van der Waals surface area contributed by atoms with Gasteiger partial charge in [-0.15, -0.1) is 10.2 Å². The second-order valence-electron chi connectivity index (χ2n) is 8.53. The van der Waals surface area contributed by atoms with Crippen LogP contribution in [-0.2, 0) is 0 Å². The summed E-state index contributed by atoms with van der Waals surface area (Å²) in [7, 11) is 0. The molecule has 1 saturated heterocycles. The second kappa shape index (κ2) is 9.61. The first-order valence-corrected chi connectivity index (χ1v) is 11.8. The molecule has 0 radical (unpaired) electrons. The highest BCUT2D eigenvalue weighted by Gasteiger charge is 2.29. The van der Waals surface area contributed by atoms with Gasteiger partial charge in [0, 0.05) is 52.7 Å². The van der Waals surface area contributed by atoms with Crippen LogP contribution >= 0.6 is 11.6 Å². The van der Waals surface area contributed by atoms with Crippen LogP contribution in [0.5, 0.6) is 0 Å². The summed E-state index contributed by atoms with van der Waals surface area (Å²) in [6.45, 7) is 3.89. The molecule has 2 amide bonds. The molecular weight excluding hydrogens is 460 g/mol. The first-order valence-electron chi connectivity index (χ1n) is 11.4. The van der Waals surface area contributed by atoms with Gasteiger partial charge in [0.2, 0.25) is 0 Å². The Morgan fingerprint density at radius 2 is 1.71 bits per heavy atom. The lowest BCUT2D eigenvalue weighted by Crippen LogP contribution is -2.55. The van der Waals surface area contributed by atoms with Gasteiger partial charge in [-0.25, -0.2) is 4.79 Å². The third-order valence-electron chi connectivity index (χ3n) is 6.24. The van der Waals surface area contributed by atoms with E-state index < -0.39 is 0 Å². The van der Waals surface area contributed by atoms with Gasteiger partial charge in [0.25, 0.3) is 0 Å². The molecule has 7 nitrogen and oxygen atoms in total. The molecule has 8 heteroatoms. The molecule has 0 spiro atoms. The molecule has 1 aliphatic heterocycles. The molecule has 0 aliphatic carbocycles. The second-order valence-corrected chi connectivity index (χ2v) is 8.97. The quantitative estimate of drug-likeness (QED) is 0.413. The molecule has 3 aromatic carbocycles. The molecule has 1 N–H and O–H groups in total. The number of nitrogens with one attached hydrogen (secondary N) is 1. The molecule has 1 fully saturated rings. The molecule has 0 unspecified atom stereocenters. The third-order valence-corrected chi connectivity index (χ3v) is 6.49. The summed E-state index contributed by atoms with van der Waals surface area (Å²) in [6.07, 6.45) is 0. The van der Waals surface area contributed by atoms with Crippen molar-refractivity contribution in [1.82, 2.24) is 15.1 Å². The number of rotatable bonds is 3. The number of anilines is 2. The molecule has 0 bridgehead atoms. The summed E-state index contributed by atoms with van der Waals surface area (Å²) in [5.74, 6) is 0.808. The van der Waals surface area contributed by atoms with Crippen LogP contribution in [0.2, 0.25) is 5.02 Å². The van der Waals surface area contributed by atoms with Crippen LogP contribution in [-0.4, -0.2) is 46.8 Å². The number of hydrogen-bond acceptors (Lipinski definition) is 5. The van der Waals surface area contributed by atoms with E-state index in [1.165, 1.54) is 0 Å². The van der Waals surface area contributed by atoms with Crippen molar-refractivity contribution >= 4 is 39.9 Å². The number of benzene rings is 3. The number of halogens is 1. The number of amides is 2. The molecule has 2 heterocycles. The first kappa shape index (κ1) is 22.6. The van der Waals surface area contributed by atoms with Crippen molar-refractivity contribution in [3.05, 3.63) is 83.4 Å². The van der Waals surface area contributed by atoms with E-state index in [-0.39, 0.29) is 12.1 Å². The van der Waals surface area contributed by atoms with E-state index in [9.17, 15) is 4.79 Å². The van der Waals surface area contributed by atoms with Gasteiger partial charge in [0.15, 0.2) is 5.82 Å². The lowest BCUT2D eigenvalue weighted by molar-refractivity contribution is 0.184. The van der Waals surface area contributed by atoms with Gasteiger partial charge >= 0.3 is 6.03 Å². The number of fused-ring (bicyclic) bond motifs is 1. The molecule has 174 valence electrons. The fourth-order valence-corrected chi connectivity index (χ4v) is 4.55. The predicted octanol–water partition coefficient (Wildman–Crippen LogP) is 5.56. The number of urea groups is 1. The maximum absolute atomic E-state index is 12.9. The number of carbonyl (C=O) groups is 1. The maximum atomic E-state index is 12.9. The lowest BCUT2D eigenvalue weighted by atomic mass is 10.0. The van der Waals surface area contributed by atoms with Gasteiger partial charge in [-0.2, -0.15) is 5.26 Å². The zero-order valence-corrected chi connectivity index (χ0v) is 19.9. The average Bonchev–Trinajstić information content (AvgIpc) is 2.89. The van der Waals surface area contributed by atoms with Gasteiger partial charge < -0.3 is 15.1 Å². The summed E-state index contributed by atoms with van der Waals surface area (Å²) >= 11 is 5.94. The van der Waals surface area contributed by atoms with Crippen LogP contribution < -0.4 is 10.2 Å². The lowest BCUT2D eigenvalue weighted by Gasteiger charge is -2.40. The summed E-state index contributed by atoms with van der Waals surface area (Å²) < 4.78 is 0. The Balaban J connectivity index is 1.37. The molecule has 4 aromatic rings. The first-order chi connectivity index (χ1) is 17.0. The van der Waals surface area contributed by atoms with E-state index in [1.54, 1.807) is 36.4 Å². The molecular formula is C27H23ClN6O. The van der Waals surface area contributed by atoms with Gasteiger partial charge in [0.05, 0.1) is 11.6 Å². The van der Waals surface area contributed by atoms with Gasteiger partial charge in [-0.1, -0.05) is 48.0 Å². The number of carbonyl (C=O) groups excluding carboxylic acids is 1. The molecule has 5 rings (SSSR count). The number of aromatic nitrogens is 2. The minimum atomic E-state index is -0.133. The zero-order chi connectivity index (χ0) is 24.4. The Morgan fingerprint density at radius 3 is 2.40 bits per heavy atom. The Hall–Kier alpha value is -4.15. The molecule has 1 aromatic heterocycles. The Kier molecular flexibility index (Phi) is 6.21. The van der Waals surface area contributed by atoms with Crippen LogP contribution in [0, 0.1) is 11.3 Å². The fraction of sp³-hybridized carbons (Fsp3) is 0.185. The van der Waals surface area contributed by atoms with Crippen LogP contribution in [0.4, 0.5) is 16.3 Å². The highest BCUT2D eigenvalue weighted by molar-refractivity contribution is 6.30. The number of nitrogens with zero attached hydrogens (tertiary/aromatic N) is 5. The van der Waals surface area contributed by atoms with Gasteiger partial charge in [-0.3, -0.25) is 0 Å². The van der Waals surface area contributed by atoms with E-state index in [1.807, 2.05) is 42.2 Å². The summed E-state index contributed by atoms with van der Waals surface area (Å²) in [5, 5.41) is 23.9. The zero-order valence-electron chi connectivity index (χ0n) is 19.1. The van der Waals surface area contributed by atoms with Crippen molar-refractivity contribution in [2.45, 2.75) is 13.0 Å². The number of piperazine rings is 1. The van der Waals surface area contributed by atoms with E-state index in [0.717, 1.165) is 27.8 Å². The van der Waals surface area contributed by atoms with Crippen molar-refractivity contribution in [2.24, 2.45) is 0 Å². The van der Waals surface area contributed by atoms with Gasteiger partial charge in [-0.05, 0) is 43.3 Å². The predicted molar refractivity (Wildman–Crippen MR) is 139 cm³/mol. The van der Waals surface area contributed by atoms with E-state index in [0.29, 0.717) is 35.9 Å². The van der Waals surface area contributed by atoms with Crippen molar-refractivity contribution in [3.8, 4) is 17.3 Å². The van der Waals surface area contributed by atoms with E-state index >= 15 is 0 Å². The van der Waals surface area contributed by atoms with Crippen molar-refractivity contribution < 1.29 is 4.79 Å². The highest BCUT2D eigenvalue weighted by Crippen LogP contribution is 2.32. The van der Waals surface area contributed by atoms with Crippen LogP contribution in [0.3, 0.4) is 0 Å². The van der Waals surface area contributed by atoms with E-state index in [4.69, 9.17) is 16.9 Å². The standard InChI is InChI=1S/C27H23ClN6O/c1-18-17-33(14-15-34(18)27(35)30-22-12-10-21(28)11-13-22)26-24-5-3-2-4-23(24)25(31-32-26)20-8-6-19(16-29)7-9-20/h2-13,18H,14-15,17H2,1H3,(H,30,35)/t18-/m0/s1. The normalized spacial score (nSPS) is 15.6.